The fourth-order valence-corrected chi connectivity index (χ4v) is 4.87. The summed E-state index contributed by atoms with van der Waals surface area (Å²) in [4.78, 5) is 28.7. The van der Waals surface area contributed by atoms with Crippen molar-refractivity contribution in [1.29, 1.82) is 0 Å². The topological polar surface area (TPSA) is 67.9 Å². The van der Waals surface area contributed by atoms with Crippen LogP contribution in [0.2, 0.25) is 0 Å². The molecule has 0 aliphatic heterocycles. The van der Waals surface area contributed by atoms with Gasteiger partial charge in [0.2, 0.25) is 5.91 Å². The summed E-state index contributed by atoms with van der Waals surface area (Å²) in [5, 5.41) is 3.22. The Morgan fingerprint density at radius 3 is 2.44 bits per heavy atom. The van der Waals surface area contributed by atoms with E-state index in [-0.39, 0.29) is 29.9 Å². The molecule has 1 N–H and O–H groups in total. The maximum atomic E-state index is 13.6. The second-order valence-electron chi connectivity index (χ2n) is 10.7. The van der Waals surface area contributed by atoms with E-state index in [2.05, 4.69) is 26.1 Å². The van der Waals surface area contributed by atoms with Gasteiger partial charge in [0.1, 0.15) is 17.5 Å². The van der Waals surface area contributed by atoms with Gasteiger partial charge in [-0.05, 0) is 54.0 Å². The lowest BCUT2D eigenvalue weighted by atomic mass is 9.86. The molecular formula is C30H42N2O4. The summed E-state index contributed by atoms with van der Waals surface area (Å²) in [5.41, 5.74) is 1.83. The number of methoxy groups -OCH3 is 1. The molecule has 3 rings (SSSR count). The molecule has 1 atom stereocenters. The van der Waals surface area contributed by atoms with Gasteiger partial charge in [0.25, 0.3) is 5.91 Å². The highest BCUT2D eigenvalue weighted by molar-refractivity contribution is 5.88. The number of hydrogen-bond donors (Lipinski definition) is 1. The average Bonchev–Trinajstić information content (AvgIpc) is 2.87. The molecule has 0 spiro atoms. The number of nitrogens with one attached hydrogen (secondary N) is 1. The molecule has 6 nitrogen and oxygen atoms in total. The normalized spacial score (nSPS) is 15.1. The molecule has 1 aliphatic carbocycles. The number of carbonyl (C=O) groups excluding carboxylic acids is 2. The third-order valence-electron chi connectivity index (χ3n) is 6.87. The average molecular weight is 495 g/mol. The van der Waals surface area contributed by atoms with Gasteiger partial charge in [0.05, 0.1) is 7.11 Å². The minimum Gasteiger partial charge on any atom is -0.497 e. The van der Waals surface area contributed by atoms with Gasteiger partial charge in [-0.15, -0.1) is 0 Å². The molecule has 1 fully saturated rings. The predicted molar refractivity (Wildman–Crippen MR) is 143 cm³/mol. The van der Waals surface area contributed by atoms with Crippen LogP contribution in [-0.2, 0) is 21.5 Å². The molecule has 0 radical (unpaired) electrons. The van der Waals surface area contributed by atoms with Crippen LogP contribution in [0.15, 0.2) is 48.5 Å². The van der Waals surface area contributed by atoms with Crippen LogP contribution in [-0.4, -0.2) is 42.5 Å². The van der Waals surface area contributed by atoms with Crippen molar-refractivity contribution in [1.82, 2.24) is 10.2 Å². The van der Waals surface area contributed by atoms with Crippen LogP contribution in [0.1, 0.15) is 77.3 Å². The van der Waals surface area contributed by atoms with E-state index in [0.29, 0.717) is 18.7 Å². The second-order valence-corrected chi connectivity index (χ2v) is 10.7. The van der Waals surface area contributed by atoms with Gasteiger partial charge in [-0.1, -0.05) is 77.3 Å². The highest BCUT2D eigenvalue weighted by Crippen LogP contribution is 2.31. The molecule has 6 heteroatoms. The van der Waals surface area contributed by atoms with Gasteiger partial charge in [-0.25, -0.2) is 0 Å². The van der Waals surface area contributed by atoms with E-state index in [9.17, 15) is 9.59 Å². The number of rotatable bonds is 10. The summed E-state index contributed by atoms with van der Waals surface area (Å²) in [6, 6.07) is 15.0. The highest BCUT2D eigenvalue weighted by Gasteiger charge is 2.31. The zero-order chi connectivity index (χ0) is 26.1. The van der Waals surface area contributed by atoms with Crippen LogP contribution >= 0.6 is 0 Å². The molecule has 0 saturated heterocycles. The number of ether oxygens (including phenoxy) is 2. The lowest BCUT2D eigenvalue weighted by Gasteiger charge is -2.33. The number of para-hydroxylation sites is 1. The van der Waals surface area contributed by atoms with Crippen LogP contribution in [0, 0.1) is 0 Å². The van der Waals surface area contributed by atoms with E-state index in [1.807, 2.05) is 55.5 Å². The van der Waals surface area contributed by atoms with Gasteiger partial charge in [-0.2, -0.15) is 0 Å². The van der Waals surface area contributed by atoms with Crippen molar-refractivity contribution in [3.8, 4) is 11.5 Å². The Balaban J connectivity index is 1.81. The fraction of sp³-hybridized carbons (Fsp3) is 0.533. The lowest BCUT2D eigenvalue weighted by Crippen LogP contribution is -2.52. The zero-order valence-electron chi connectivity index (χ0n) is 22.5. The summed E-state index contributed by atoms with van der Waals surface area (Å²) >= 11 is 0. The Kier molecular flexibility index (Phi) is 9.80. The van der Waals surface area contributed by atoms with E-state index in [0.717, 1.165) is 42.6 Å². The maximum Gasteiger partial charge on any atom is 0.261 e. The molecule has 0 bridgehead atoms. The zero-order valence-corrected chi connectivity index (χ0v) is 22.5. The molecule has 196 valence electrons. The minimum atomic E-state index is -0.577. The summed E-state index contributed by atoms with van der Waals surface area (Å²) in [7, 11) is 1.62. The molecule has 0 unspecified atom stereocenters. The van der Waals surface area contributed by atoms with Crippen molar-refractivity contribution in [3.63, 3.8) is 0 Å². The quantitative estimate of drug-likeness (QED) is 0.465. The number of nitrogens with zero attached hydrogens (tertiary/aromatic N) is 1. The number of hydrogen-bond acceptors (Lipinski definition) is 4. The Labute approximate surface area is 216 Å². The van der Waals surface area contributed by atoms with E-state index >= 15 is 0 Å². The molecule has 2 aromatic rings. The Hall–Kier alpha value is -3.02. The lowest BCUT2D eigenvalue weighted by molar-refractivity contribution is -0.143. The summed E-state index contributed by atoms with van der Waals surface area (Å²) in [6.07, 6.45) is 6.01. The fourth-order valence-electron chi connectivity index (χ4n) is 4.87. The summed E-state index contributed by atoms with van der Waals surface area (Å²) in [5.74, 6) is 1.11. The van der Waals surface area contributed by atoms with Crippen molar-refractivity contribution < 1.29 is 19.1 Å². The number of carbonyl (C=O) groups is 2. The predicted octanol–water partition coefficient (Wildman–Crippen LogP) is 5.63. The second kappa shape index (κ2) is 12.8. The van der Waals surface area contributed by atoms with E-state index < -0.39 is 6.04 Å². The van der Waals surface area contributed by atoms with Crippen LogP contribution in [0.25, 0.3) is 0 Å². The molecule has 1 aliphatic rings. The third-order valence-corrected chi connectivity index (χ3v) is 6.87. The van der Waals surface area contributed by atoms with Crippen LogP contribution < -0.4 is 14.8 Å². The van der Waals surface area contributed by atoms with E-state index in [1.165, 1.54) is 6.42 Å². The van der Waals surface area contributed by atoms with E-state index in [1.54, 1.807) is 12.0 Å². The molecule has 1 saturated carbocycles. The van der Waals surface area contributed by atoms with Crippen LogP contribution in [0.5, 0.6) is 11.5 Å². The van der Waals surface area contributed by atoms with Crippen molar-refractivity contribution in [2.24, 2.45) is 0 Å². The minimum absolute atomic E-state index is 0.0873. The first-order chi connectivity index (χ1) is 17.2. The first-order valence-electron chi connectivity index (χ1n) is 13.2. The largest absolute Gasteiger partial charge is 0.497 e. The summed E-state index contributed by atoms with van der Waals surface area (Å²) < 4.78 is 11.4. The van der Waals surface area contributed by atoms with Gasteiger partial charge in [0, 0.05) is 12.6 Å². The smallest absolute Gasteiger partial charge is 0.261 e. The summed E-state index contributed by atoms with van der Waals surface area (Å²) in [6.45, 7) is 8.48. The van der Waals surface area contributed by atoms with Gasteiger partial charge < -0.3 is 19.7 Å². The molecular weight excluding hydrogens is 452 g/mol. The Bertz CT molecular complexity index is 1010. The Morgan fingerprint density at radius 2 is 1.78 bits per heavy atom. The van der Waals surface area contributed by atoms with Crippen molar-refractivity contribution in [3.05, 3.63) is 59.7 Å². The van der Waals surface area contributed by atoms with Gasteiger partial charge in [-0.3, -0.25) is 9.59 Å². The van der Waals surface area contributed by atoms with E-state index in [4.69, 9.17) is 9.47 Å². The monoisotopic (exact) mass is 494 g/mol. The molecule has 2 aromatic carbocycles. The van der Waals surface area contributed by atoms with Crippen LogP contribution in [0.3, 0.4) is 0 Å². The first kappa shape index (κ1) is 27.6. The molecule has 0 aromatic heterocycles. The Morgan fingerprint density at radius 1 is 1.06 bits per heavy atom. The van der Waals surface area contributed by atoms with Gasteiger partial charge in [0.15, 0.2) is 6.61 Å². The van der Waals surface area contributed by atoms with Gasteiger partial charge >= 0.3 is 0 Å². The SMILES string of the molecule is CC[C@H](C(=O)NC1CCCCC1)N(Cc1cccc(OC)c1)C(=O)COc1ccccc1C(C)(C)C. The van der Waals surface area contributed by atoms with Crippen molar-refractivity contribution >= 4 is 11.8 Å². The third kappa shape index (κ3) is 7.49. The molecule has 36 heavy (non-hydrogen) atoms. The number of amides is 2. The van der Waals surface area contributed by atoms with Crippen LogP contribution in [0.4, 0.5) is 0 Å². The van der Waals surface area contributed by atoms with Crippen molar-refractivity contribution in [2.45, 2.75) is 90.3 Å². The first-order valence-corrected chi connectivity index (χ1v) is 13.2. The number of benzene rings is 2. The standard InChI is InChI=1S/C30H42N2O4/c1-6-26(29(34)31-23-14-8-7-9-15-23)32(20-22-13-12-16-24(19-22)35-5)28(33)21-36-27-18-11-10-17-25(27)30(2,3)4/h10-13,16-19,23,26H,6-9,14-15,20-21H2,1-5H3,(H,31,34)/t26-/m1/s1. The molecule has 0 heterocycles. The van der Waals surface area contributed by atoms with Crippen molar-refractivity contribution in [2.75, 3.05) is 13.7 Å². The molecule has 2 amide bonds. The maximum absolute atomic E-state index is 13.6. The highest BCUT2D eigenvalue weighted by atomic mass is 16.5.